The van der Waals surface area contributed by atoms with Gasteiger partial charge < -0.3 is 19.3 Å². The zero-order valence-corrected chi connectivity index (χ0v) is 17.7. The van der Waals surface area contributed by atoms with E-state index in [0.29, 0.717) is 17.7 Å². The summed E-state index contributed by atoms with van der Waals surface area (Å²) in [6.45, 7) is 0.678. The summed E-state index contributed by atoms with van der Waals surface area (Å²) >= 11 is 0. The average molecular weight is 409 g/mol. The van der Waals surface area contributed by atoms with Crippen LogP contribution < -0.4 is 9.80 Å². The third-order valence-electron chi connectivity index (χ3n) is 5.47. The highest BCUT2D eigenvalue weighted by Crippen LogP contribution is 2.40. The lowest BCUT2D eigenvalue weighted by Crippen LogP contribution is -2.18. The number of ether oxygens (including phenoxy) is 2. The van der Waals surface area contributed by atoms with Crippen molar-refractivity contribution in [3.8, 4) is 0 Å². The fourth-order valence-electron chi connectivity index (χ4n) is 3.41. The molecule has 1 aliphatic carbocycles. The first kappa shape index (κ1) is 20.2. The quantitative estimate of drug-likeness (QED) is 0.515. The summed E-state index contributed by atoms with van der Waals surface area (Å²) in [6, 6.07) is 14.8. The smallest absolute Gasteiger partial charge is 0.339 e. The molecular weight excluding hydrogens is 382 g/mol. The van der Waals surface area contributed by atoms with Gasteiger partial charge in [0.15, 0.2) is 6.23 Å². The zero-order chi connectivity index (χ0) is 21.4. The molecule has 1 aliphatic heterocycles. The number of esters is 2. The molecule has 0 spiro atoms. The molecule has 2 aliphatic rings. The molecule has 1 saturated heterocycles. The Kier molecular flexibility index (Phi) is 5.39. The summed E-state index contributed by atoms with van der Waals surface area (Å²) < 4.78 is 11.2. The van der Waals surface area contributed by atoms with Crippen molar-refractivity contribution in [2.24, 2.45) is 0 Å². The zero-order valence-electron chi connectivity index (χ0n) is 17.7. The lowest BCUT2D eigenvalue weighted by molar-refractivity contribution is 0.0333. The van der Waals surface area contributed by atoms with E-state index in [1.54, 1.807) is 24.3 Å². The Morgan fingerprint density at radius 2 is 1.27 bits per heavy atom. The number of hydrogen-bond donors (Lipinski definition) is 0. The molecular formula is C23H27N3O4. The molecule has 4 atom stereocenters. The van der Waals surface area contributed by atoms with E-state index >= 15 is 0 Å². The molecule has 4 rings (SSSR count). The van der Waals surface area contributed by atoms with Gasteiger partial charge in [-0.15, -0.1) is 0 Å². The van der Waals surface area contributed by atoms with Gasteiger partial charge in [0.1, 0.15) is 6.10 Å². The predicted molar refractivity (Wildman–Crippen MR) is 115 cm³/mol. The minimum absolute atomic E-state index is 0.129. The predicted octanol–water partition coefficient (Wildman–Crippen LogP) is 2.62. The molecule has 0 bridgehead atoms. The van der Waals surface area contributed by atoms with Crippen LogP contribution in [0.3, 0.4) is 0 Å². The first-order chi connectivity index (χ1) is 14.3. The molecule has 1 heterocycles. The van der Waals surface area contributed by atoms with E-state index in [1.165, 1.54) is 0 Å². The molecule has 0 radical (unpaired) electrons. The van der Waals surface area contributed by atoms with Crippen molar-refractivity contribution in [2.75, 3.05) is 44.5 Å². The molecule has 0 aromatic heterocycles. The van der Waals surface area contributed by atoms with Gasteiger partial charge in [-0.2, -0.15) is 0 Å². The van der Waals surface area contributed by atoms with E-state index < -0.39 is 0 Å². The molecule has 4 unspecified atom stereocenters. The van der Waals surface area contributed by atoms with Gasteiger partial charge >= 0.3 is 11.9 Å². The standard InChI is InChI=1S/C23H27N3O4/c1-24(2)17-9-5-15(6-10-17)22(27)29-20-13-19(20)26-14-21(26)30-23(28)16-7-11-18(12-8-16)25(3)4/h5-12,19-21H,13-14H2,1-4H3. The number of rotatable bonds is 7. The monoisotopic (exact) mass is 409 g/mol. The summed E-state index contributed by atoms with van der Waals surface area (Å²) in [4.78, 5) is 30.7. The molecule has 2 aromatic rings. The van der Waals surface area contributed by atoms with Gasteiger partial charge in [-0.1, -0.05) is 0 Å². The maximum Gasteiger partial charge on any atom is 0.339 e. The number of hydrogen-bond acceptors (Lipinski definition) is 7. The molecule has 0 N–H and O–H groups in total. The van der Waals surface area contributed by atoms with Crippen LogP contribution in [-0.4, -0.2) is 69.9 Å². The molecule has 30 heavy (non-hydrogen) atoms. The Bertz CT molecular complexity index is 847. The number of nitrogens with zero attached hydrogens (tertiary/aromatic N) is 3. The van der Waals surface area contributed by atoms with Crippen molar-refractivity contribution >= 4 is 23.3 Å². The van der Waals surface area contributed by atoms with Crippen LogP contribution >= 0.6 is 0 Å². The molecule has 0 amide bonds. The first-order valence-corrected chi connectivity index (χ1v) is 10.1. The van der Waals surface area contributed by atoms with Gasteiger partial charge in [0.25, 0.3) is 0 Å². The third-order valence-corrected chi connectivity index (χ3v) is 5.47. The normalized spacial score (nSPS) is 24.0. The second-order valence-electron chi connectivity index (χ2n) is 8.19. The molecule has 7 nitrogen and oxygen atoms in total. The Morgan fingerprint density at radius 1 is 0.800 bits per heavy atom. The van der Waals surface area contributed by atoms with Crippen LogP contribution in [0.5, 0.6) is 0 Å². The van der Waals surface area contributed by atoms with Crippen LogP contribution in [0.1, 0.15) is 27.1 Å². The largest absolute Gasteiger partial charge is 0.457 e. The van der Waals surface area contributed by atoms with Crippen LogP contribution in [-0.2, 0) is 9.47 Å². The van der Waals surface area contributed by atoms with Crippen molar-refractivity contribution in [1.82, 2.24) is 4.90 Å². The summed E-state index contributed by atoms with van der Waals surface area (Å²) in [7, 11) is 7.81. The fourth-order valence-corrected chi connectivity index (χ4v) is 3.41. The Hall–Kier alpha value is -3.06. The number of carbonyl (C=O) groups is 2. The number of benzene rings is 2. The molecule has 158 valence electrons. The van der Waals surface area contributed by atoms with Crippen molar-refractivity contribution in [2.45, 2.75) is 24.8 Å². The second kappa shape index (κ2) is 7.99. The van der Waals surface area contributed by atoms with E-state index in [4.69, 9.17) is 9.47 Å². The van der Waals surface area contributed by atoms with Crippen molar-refractivity contribution < 1.29 is 19.1 Å². The van der Waals surface area contributed by atoms with E-state index in [9.17, 15) is 9.59 Å². The first-order valence-electron chi connectivity index (χ1n) is 10.1. The Balaban J connectivity index is 1.24. The van der Waals surface area contributed by atoms with Crippen LogP contribution in [0, 0.1) is 0 Å². The SMILES string of the molecule is CN(C)c1ccc(C(=O)OC2CC2N2CC2OC(=O)c2ccc(N(C)C)cc2)cc1. The van der Waals surface area contributed by atoms with E-state index in [1.807, 2.05) is 62.3 Å². The topological polar surface area (TPSA) is 62.1 Å². The van der Waals surface area contributed by atoms with Gasteiger partial charge in [0, 0.05) is 46.0 Å². The number of anilines is 2. The lowest BCUT2D eigenvalue weighted by Gasteiger charge is -2.12. The van der Waals surface area contributed by atoms with Gasteiger partial charge in [0.2, 0.25) is 0 Å². The number of carbonyl (C=O) groups excluding carboxylic acids is 2. The summed E-state index contributed by atoms with van der Waals surface area (Å²) in [5.74, 6) is -0.646. The average Bonchev–Trinajstić information content (AvgIpc) is 3.64. The molecule has 7 heteroatoms. The van der Waals surface area contributed by atoms with Gasteiger partial charge in [-0.05, 0) is 48.5 Å². The van der Waals surface area contributed by atoms with Crippen LogP contribution in [0.15, 0.2) is 48.5 Å². The van der Waals surface area contributed by atoms with E-state index in [2.05, 4.69) is 4.90 Å². The summed E-state index contributed by atoms with van der Waals surface area (Å²) in [6.07, 6.45) is 0.390. The van der Waals surface area contributed by atoms with Gasteiger partial charge in [-0.25, -0.2) is 9.59 Å². The van der Waals surface area contributed by atoms with Crippen LogP contribution in [0.25, 0.3) is 0 Å². The van der Waals surface area contributed by atoms with Crippen LogP contribution in [0.2, 0.25) is 0 Å². The third kappa shape index (κ3) is 4.41. The molecule has 2 aromatic carbocycles. The van der Waals surface area contributed by atoms with Crippen molar-refractivity contribution in [3.63, 3.8) is 0 Å². The summed E-state index contributed by atoms with van der Waals surface area (Å²) in [5, 5.41) is 0. The molecule has 1 saturated carbocycles. The van der Waals surface area contributed by atoms with Crippen LogP contribution in [0.4, 0.5) is 11.4 Å². The lowest BCUT2D eigenvalue weighted by atomic mass is 10.2. The minimum Gasteiger partial charge on any atom is -0.457 e. The fraction of sp³-hybridized carbons (Fsp3) is 0.391. The van der Waals surface area contributed by atoms with Crippen molar-refractivity contribution in [1.29, 1.82) is 0 Å². The second-order valence-corrected chi connectivity index (χ2v) is 8.19. The molecule has 2 fully saturated rings. The van der Waals surface area contributed by atoms with Gasteiger partial charge in [-0.3, -0.25) is 4.90 Å². The highest BCUT2D eigenvalue weighted by molar-refractivity contribution is 5.90. The Morgan fingerprint density at radius 3 is 1.73 bits per heavy atom. The Labute approximate surface area is 176 Å². The maximum atomic E-state index is 12.3. The van der Waals surface area contributed by atoms with E-state index in [0.717, 1.165) is 17.8 Å². The highest BCUT2D eigenvalue weighted by atomic mass is 16.6. The van der Waals surface area contributed by atoms with E-state index in [-0.39, 0.29) is 30.3 Å². The van der Waals surface area contributed by atoms with Crippen molar-refractivity contribution in [3.05, 3.63) is 59.7 Å². The highest BCUT2D eigenvalue weighted by Gasteiger charge is 2.55. The summed E-state index contributed by atoms with van der Waals surface area (Å²) in [5.41, 5.74) is 3.13. The minimum atomic E-state index is -0.331. The maximum absolute atomic E-state index is 12.3. The van der Waals surface area contributed by atoms with Gasteiger partial charge in [0.05, 0.1) is 23.7 Å².